The first-order chi connectivity index (χ1) is 7.02. The SMILES string of the molecule is NC(Cc1ccccc1Br)C(O)C(=O)O. The van der Waals surface area contributed by atoms with Gasteiger partial charge in [-0.2, -0.15) is 0 Å². The lowest BCUT2D eigenvalue weighted by molar-refractivity contribution is -0.147. The molecule has 0 bridgehead atoms. The summed E-state index contributed by atoms with van der Waals surface area (Å²) in [5.74, 6) is -1.30. The zero-order valence-corrected chi connectivity index (χ0v) is 9.52. The van der Waals surface area contributed by atoms with Crippen LogP contribution in [0, 0.1) is 0 Å². The van der Waals surface area contributed by atoms with E-state index in [0.717, 1.165) is 10.0 Å². The number of carbonyl (C=O) groups is 1. The van der Waals surface area contributed by atoms with Gasteiger partial charge in [0.1, 0.15) is 0 Å². The molecule has 0 fully saturated rings. The normalized spacial score (nSPS) is 14.6. The molecule has 82 valence electrons. The molecule has 0 aliphatic heterocycles. The van der Waals surface area contributed by atoms with E-state index >= 15 is 0 Å². The molecule has 0 heterocycles. The molecule has 4 nitrogen and oxygen atoms in total. The standard InChI is InChI=1S/C10H12BrNO3/c11-7-4-2-1-3-6(7)5-8(12)9(13)10(14)15/h1-4,8-9,13H,5,12H2,(H,14,15). The van der Waals surface area contributed by atoms with Crippen molar-refractivity contribution in [3.05, 3.63) is 34.3 Å². The van der Waals surface area contributed by atoms with Crippen LogP contribution < -0.4 is 5.73 Å². The third-order valence-electron chi connectivity index (χ3n) is 2.07. The van der Waals surface area contributed by atoms with Gasteiger partial charge in [0.15, 0.2) is 6.10 Å². The van der Waals surface area contributed by atoms with Crippen LogP contribution in [0.5, 0.6) is 0 Å². The molecule has 4 N–H and O–H groups in total. The van der Waals surface area contributed by atoms with Gasteiger partial charge < -0.3 is 15.9 Å². The fourth-order valence-electron chi connectivity index (χ4n) is 1.21. The lowest BCUT2D eigenvalue weighted by atomic mass is 10.0. The van der Waals surface area contributed by atoms with Crippen LogP contribution in [0.1, 0.15) is 5.56 Å². The number of hydrogen-bond donors (Lipinski definition) is 3. The summed E-state index contributed by atoms with van der Waals surface area (Å²) in [5, 5.41) is 17.8. The van der Waals surface area contributed by atoms with Crippen molar-refractivity contribution in [3.63, 3.8) is 0 Å². The van der Waals surface area contributed by atoms with Crippen molar-refractivity contribution >= 4 is 21.9 Å². The number of nitrogens with two attached hydrogens (primary N) is 1. The van der Waals surface area contributed by atoms with Gasteiger partial charge >= 0.3 is 5.97 Å². The Morgan fingerprint density at radius 2 is 2.07 bits per heavy atom. The molecule has 0 saturated heterocycles. The van der Waals surface area contributed by atoms with Gasteiger partial charge in [-0.05, 0) is 18.1 Å². The van der Waals surface area contributed by atoms with Crippen LogP contribution in [0.4, 0.5) is 0 Å². The molecule has 5 heteroatoms. The van der Waals surface area contributed by atoms with Crippen molar-refractivity contribution in [2.24, 2.45) is 5.73 Å². The van der Waals surface area contributed by atoms with Crippen LogP contribution in [0.3, 0.4) is 0 Å². The molecule has 0 amide bonds. The maximum atomic E-state index is 10.5. The number of halogens is 1. The van der Waals surface area contributed by atoms with E-state index in [2.05, 4.69) is 15.9 Å². The van der Waals surface area contributed by atoms with E-state index in [0.29, 0.717) is 6.42 Å². The minimum Gasteiger partial charge on any atom is -0.479 e. The molecule has 1 aromatic carbocycles. The highest BCUT2D eigenvalue weighted by atomic mass is 79.9. The third-order valence-corrected chi connectivity index (χ3v) is 2.85. The number of aliphatic hydroxyl groups excluding tert-OH is 1. The summed E-state index contributed by atoms with van der Waals surface area (Å²) in [7, 11) is 0. The summed E-state index contributed by atoms with van der Waals surface area (Å²) < 4.78 is 0.859. The van der Waals surface area contributed by atoms with Crippen molar-refractivity contribution in [2.75, 3.05) is 0 Å². The quantitative estimate of drug-likeness (QED) is 0.757. The smallest absolute Gasteiger partial charge is 0.334 e. The molecule has 0 aliphatic rings. The van der Waals surface area contributed by atoms with Crippen LogP contribution >= 0.6 is 15.9 Å². The van der Waals surface area contributed by atoms with E-state index in [1.807, 2.05) is 24.3 Å². The zero-order chi connectivity index (χ0) is 11.4. The van der Waals surface area contributed by atoms with Gasteiger partial charge in [0.25, 0.3) is 0 Å². The second kappa shape index (κ2) is 5.25. The molecule has 2 atom stereocenters. The highest BCUT2D eigenvalue weighted by Gasteiger charge is 2.22. The Morgan fingerprint density at radius 1 is 1.47 bits per heavy atom. The van der Waals surface area contributed by atoms with E-state index in [9.17, 15) is 9.90 Å². The molecule has 0 aliphatic carbocycles. The summed E-state index contributed by atoms with van der Waals surface area (Å²) in [5.41, 5.74) is 6.45. The minimum atomic E-state index is -1.53. The van der Waals surface area contributed by atoms with Crippen molar-refractivity contribution in [1.82, 2.24) is 0 Å². The first-order valence-electron chi connectivity index (χ1n) is 4.42. The Labute approximate surface area is 95.8 Å². The largest absolute Gasteiger partial charge is 0.479 e. The second-order valence-electron chi connectivity index (χ2n) is 3.24. The Morgan fingerprint density at radius 3 is 2.60 bits per heavy atom. The molecule has 0 radical (unpaired) electrons. The van der Waals surface area contributed by atoms with Gasteiger partial charge in [-0.15, -0.1) is 0 Å². The molecular formula is C10H12BrNO3. The maximum absolute atomic E-state index is 10.5. The second-order valence-corrected chi connectivity index (χ2v) is 4.10. The fraction of sp³-hybridized carbons (Fsp3) is 0.300. The summed E-state index contributed by atoms with van der Waals surface area (Å²) in [6, 6.07) is 6.56. The van der Waals surface area contributed by atoms with Gasteiger partial charge in [0.05, 0.1) is 0 Å². The van der Waals surface area contributed by atoms with Crippen LogP contribution in [-0.4, -0.2) is 28.3 Å². The lowest BCUT2D eigenvalue weighted by Gasteiger charge is -2.15. The monoisotopic (exact) mass is 273 g/mol. The number of aliphatic hydroxyl groups is 1. The Kier molecular flexibility index (Phi) is 4.26. The number of aliphatic carboxylic acids is 1. The average molecular weight is 274 g/mol. The van der Waals surface area contributed by atoms with E-state index in [1.165, 1.54) is 0 Å². The van der Waals surface area contributed by atoms with Crippen molar-refractivity contribution in [3.8, 4) is 0 Å². The number of rotatable bonds is 4. The van der Waals surface area contributed by atoms with E-state index < -0.39 is 18.1 Å². The third kappa shape index (κ3) is 3.30. The number of carboxylic acid groups (broad SMARTS) is 1. The first-order valence-corrected chi connectivity index (χ1v) is 5.21. The molecule has 1 aromatic rings. The number of hydrogen-bond acceptors (Lipinski definition) is 3. The Bertz CT molecular complexity index is 356. The van der Waals surface area contributed by atoms with Gasteiger partial charge in [0.2, 0.25) is 0 Å². The average Bonchev–Trinajstić information content (AvgIpc) is 2.20. The highest BCUT2D eigenvalue weighted by Crippen LogP contribution is 2.17. The van der Waals surface area contributed by atoms with Gasteiger partial charge in [-0.3, -0.25) is 0 Å². The molecular weight excluding hydrogens is 262 g/mol. The van der Waals surface area contributed by atoms with E-state index in [-0.39, 0.29) is 0 Å². The summed E-state index contributed by atoms with van der Waals surface area (Å²) in [6.07, 6.45) is -1.22. The predicted octanol–water partition coefficient (Wildman–Crippen LogP) is 0.764. The molecule has 2 unspecified atom stereocenters. The molecule has 0 saturated carbocycles. The van der Waals surface area contributed by atoms with E-state index in [1.54, 1.807) is 0 Å². The van der Waals surface area contributed by atoms with Gasteiger partial charge in [0, 0.05) is 10.5 Å². The van der Waals surface area contributed by atoms with Gasteiger partial charge in [-0.25, -0.2) is 4.79 Å². The summed E-state index contributed by atoms with van der Waals surface area (Å²) in [6.45, 7) is 0. The number of carboxylic acids is 1. The van der Waals surface area contributed by atoms with Crippen LogP contribution in [0.2, 0.25) is 0 Å². The van der Waals surface area contributed by atoms with Crippen LogP contribution in [0.15, 0.2) is 28.7 Å². The lowest BCUT2D eigenvalue weighted by Crippen LogP contribution is -2.41. The first kappa shape index (κ1) is 12.2. The van der Waals surface area contributed by atoms with Crippen LogP contribution in [-0.2, 0) is 11.2 Å². The predicted molar refractivity (Wildman–Crippen MR) is 59.5 cm³/mol. The molecule has 0 spiro atoms. The number of benzene rings is 1. The topological polar surface area (TPSA) is 83.5 Å². The van der Waals surface area contributed by atoms with E-state index in [4.69, 9.17) is 10.8 Å². The van der Waals surface area contributed by atoms with Crippen molar-refractivity contribution < 1.29 is 15.0 Å². The molecule has 0 aromatic heterocycles. The molecule has 1 rings (SSSR count). The maximum Gasteiger partial charge on any atom is 0.334 e. The van der Waals surface area contributed by atoms with Crippen molar-refractivity contribution in [2.45, 2.75) is 18.6 Å². The van der Waals surface area contributed by atoms with Crippen LogP contribution in [0.25, 0.3) is 0 Å². The summed E-state index contributed by atoms with van der Waals surface area (Å²) in [4.78, 5) is 10.5. The van der Waals surface area contributed by atoms with Crippen molar-refractivity contribution in [1.29, 1.82) is 0 Å². The zero-order valence-electron chi connectivity index (χ0n) is 7.93. The Balaban J connectivity index is 2.70. The summed E-state index contributed by atoms with van der Waals surface area (Å²) >= 11 is 3.33. The highest BCUT2D eigenvalue weighted by molar-refractivity contribution is 9.10. The molecule has 15 heavy (non-hydrogen) atoms. The minimum absolute atomic E-state index is 0.314. The van der Waals surface area contributed by atoms with Gasteiger partial charge in [-0.1, -0.05) is 34.1 Å². The Hall–Kier alpha value is -0.910. The fourth-order valence-corrected chi connectivity index (χ4v) is 1.66.